The van der Waals surface area contributed by atoms with E-state index in [-0.39, 0.29) is 29.2 Å². The van der Waals surface area contributed by atoms with Crippen LogP contribution < -0.4 is 10.6 Å². The van der Waals surface area contributed by atoms with Crippen molar-refractivity contribution in [1.29, 1.82) is 0 Å². The first-order chi connectivity index (χ1) is 9.90. The third kappa shape index (κ3) is 3.27. The van der Waals surface area contributed by atoms with Crippen LogP contribution in [0.1, 0.15) is 24.4 Å². The van der Waals surface area contributed by atoms with E-state index in [0.29, 0.717) is 6.54 Å². The second-order valence-corrected chi connectivity index (χ2v) is 5.93. The molecule has 2 N–H and O–H groups in total. The van der Waals surface area contributed by atoms with Crippen molar-refractivity contribution in [2.45, 2.75) is 33.4 Å². The van der Waals surface area contributed by atoms with Gasteiger partial charge in [0, 0.05) is 10.9 Å². The molecule has 2 heterocycles. The Bertz CT molecular complexity index is 642. The monoisotopic (exact) mass is 307 g/mol. The summed E-state index contributed by atoms with van der Waals surface area (Å²) in [6, 6.07) is 3.98. The predicted octanol–water partition coefficient (Wildman–Crippen LogP) is 2.75. The van der Waals surface area contributed by atoms with Crippen LogP contribution in [0.25, 0.3) is 0 Å². The molecule has 2 aromatic rings. The molecule has 0 radical (unpaired) electrons. The lowest BCUT2D eigenvalue weighted by atomic mass is 10.2. The van der Waals surface area contributed by atoms with Gasteiger partial charge in [-0.05, 0) is 32.2 Å². The molecule has 0 aromatic carbocycles. The van der Waals surface area contributed by atoms with Gasteiger partial charge in [0.25, 0.3) is 0 Å². The minimum absolute atomic E-state index is 0.0412. The molecule has 0 saturated heterocycles. The maximum absolute atomic E-state index is 11.3. The van der Waals surface area contributed by atoms with Gasteiger partial charge in [-0.1, -0.05) is 6.07 Å². The molecule has 21 heavy (non-hydrogen) atoms. The Labute approximate surface area is 126 Å². The fraction of sp³-hybridized carbons (Fsp3) is 0.385. The summed E-state index contributed by atoms with van der Waals surface area (Å²) in [5.41, 5.74) is 5.86. The molecule has 0 atom stereocenters. The van der Waals surface area contributed by atoms with Gasteiger partial charge in [0.05, 0.1) is 11.5 Å². The summed E-state index contributed by atoms with van der Waals surface area (Å²) >= 11 is 1.60. The van der Waals surface area contributed by atoms with Crippen LogP contribution in [0.3, 0.4) is 0 Å². The highest BCUT2D eigenvalue weighted by molar-refractivity contribution is 7.09. The van der Waals surface area contributed by atoms with Crippen molar-refractivity contribution in [3.63, 3.8) is 0 Å². The van der Waals surface area contributed by atoms with Crippen molar-refractivity contribution >= 4 is 28.8 Å². The summed E-state index contributed by atoms with van der Waals surface area (Å²) < 4.78 is 0. The maximum Gasteiger partial charge on any atom is 0.332 e. The maximum atomic E-state index is 11.3. The van der Waals surface area contributed by atoms with Crippen LogP contribution in [0.2, 0.25) is 0 Å². The largest absolute Gasteiger partial charge is 0.368 e. The highest BCUT2D eigenvalue weighted by Gasteiger charge is 2.27. The Morgan fingerprint density at radius 1 is 1.48 bits per heavy atom. The Morgan fingerprint density at radius 2 is 2.19 bits per heavy atom. The van der Waals surface area contributed by atoms with Crippen LogP contribution in [0, 0.1) is 17.0 Å². The minimum Gasteiger partial charge on any atom is -0.368 e. The average molecular weight is 307 g/mol. The minimum atomic E-state index is -0.450. The van der Waals surface area contributed by atoms with Gasteiger partial charge in [-0.2, -0.15) is 4.98 Å². The number of thiophene rings is 1. The SMILES string of the molecule is Cc1nc(N)nc(N(Cc2cccs2)C(C)C)c1[N+](=O)[O-]. The molecule has 0 aliphatic heterocycles. The van der Waals surface area contributed by atoms with E-state index >= 15 is 0 Å². The lowest BCUT2D eigenvalue weighted by Gasteiger charge is -2.27. The Kier molecular flexibility index (Phi) is 4.37. The number of hydrogen-bond acceptors (Lipinski definition) is 7. The zero-order valence-electron chi connectivity index (χ0n) is 12.1. The summed E-state index contributed by atoms with van der Waals surface area (Å²) in [5.74, 6) is 0.318. The lowest BCUT2D eigenvalue weighted by Crippen LogP contribution is -2.32. The Morgan fingerprint density at radius 3 is 2.71 bits per heavy atom. The first-order valence-corrected chi connectivity index (χ1v) is 7.35. The van der Waals surface area contributed by atoms with Crippen molar-refractivity contribution in [2.24, 2.45) is 0 Å². The first kappa shape index (κ1) is 15.2. The van der Waals surface area contributed by atoms with E-state index in [9.17, 15) is 10.1 Å². The molecule has 0 fully saturated rings. The number of aryl methyl sites for hydroxylation is 1. The zero-order valence-corrected chi connectivity index (χ0v) is 12.9. The van der Waals surface area contributed by atoms with Gasteiger partial charge in [-0.25, -0.2) is 4.98 Å². The average Bonchev–Trinajstić information content (AvgIpc) is 2.86. The van der Waals surface area contributed by atoms with Gasteiger partial charge in [-0.15, -0.1) is 11.3 Å². The van der Waals surface area contributed by atoms with E-state index < -0.39 is 4.92 Å². The number of rotatable bonds is 5. The van der Waals surface area contributed by atoms with Gasteiger partial charge in [-0.3, -0.25) is 10.1 Å². The van der Waals surface area contributed by atoms with E-state index in [1.165, 1.54) is 0 Å². The number of anilines is 2. The molecule has 112 valence electrons. The van der Waals surface area contributed by atoms with Crippen molar-refractivity contribution in [3.8, 4) is 0 Å². The third-order valence-electron chi connectivity index (χ3n) is 3.04. The number of nitrogens with two attached hydrogens (primary N) is 1. The fourth-order valence-corrected chi connectivity index (χ4v) is 2.76. The number of aromatic nitrogens is 2. The molecule has 2 aromatic heterocycles. The Balaban J connectivity index is 2.51. The van der Waals surface area contributed by atoms with E-state index in [0.717, 1.165) is 4.88 Å². The molecule has 0 spiro atoms. The highest BCUT2D eigenvalue weighted by atomic mass is 32.1. The van der Waals surface area contributed by atoms with Crippen molar-refractivity contribution in [1.82, 2.24) is 9.97 Å². The summed E-state index contributed by atoms with van der Waals surface area (Å²) in [6.07, 6.45) is 0. The van der Waals surface area contributed by atoms with Crippen LogP contribution >= 0.6 is 11.3 Å². The third-order valence-corrected chi connectivity index (χ3v) is 3.90. The molecule has 0 amide bonds. The standard InChI is InChI=1S/C13H17N5O2S/c1-8(2)17(7-10-5-4-6-21-10)12-11(18(19)20)9(3)15-13(14)16-12/h4-6,8H,7H2,1-3H3,(H2,14,15,16). The zero-order chi connectivity index (χ0) is 15.6. The van der Waals surface area contributed by atoms with Gasteiger partial charge < -0.3 is 10.6 Å². The molecule has 2 rings (SSSR count). The van der Waals surface area contributed by atoms with Gasteiger partial charge in [0.2, 0.25) is 11.8 Å². The second kappa shape index (κ2) is 6.04. The Hall–Kier alpha value is -2.22. The van der Waals surface area contributed by atoms with E-state index in [2.05, 4.69) is 9.97 Å². The molecular formula is C13H17N5O2S. The smallest absolute Gasteiger partial charge is 0.332 e. The highest BCUT2D eigenvalue weighted by Crippen LogP contribution is 2.32. The van der Waals surface area contributed by atoms with Gasteiger partial charge in [0.1, 0.15) is 5.69 Å². The fourth-order valence-electron chi connectivity index (χ4n) is 2.06. The molecular weight excluding hydrogens is 290 g/mol. The summed E-state index contributed by atoms with van der Waals surface area (Å²) in [5, 5.41) is 13.3. The van der Waals surface area contributed by atoms with Crippen LogP contribution in [0.5, 0.6) is 0 Å². The van der Waals surface area contributed by atoms with E-state index in [4.69, 9.17) is 5.73 Å². The van der Waals surface area contributed by atoms with Crippen LogP contribution in [0.4, 0.5) is 17.5 Å². The van der Waals surface area contributed by atoms with Crippen LogP contribution in [-0.4, -0.2) is 20.9 Å². The van der Waals surface area contributed by atoms with E-state index in [1.807, 2.05) is 36.3 Å². The quantitative estimate of drug-likeness (QED) is 0.673. The predicted molar refractivity (Wildman–Crippen MR) is 83.5 cm³/mol. The first-order valence-electron chi connectivity index (χ1n) is 6.47. The number of nitrogen functional groups attached to an aromatic ring is 1. The second-order valence-electron chi connectivity index (χ2n) is 4.90. The number of nitrogens with zero attached hydrogens (tertiary/aromatic N) is 4. The molecule has 0 aliphatic rings. The van der Waals surface area contributed by atoms with Crippen molar-refractivity contribution in [3.05, 3.63) is 38.2 Å². The van der Waals surface area contributed by atoms with Gasteiger partial charge >= 0.3 is 5.69 Å². The molecule has 0 unspecified atom stereocenters. The molecule has 8 heteroatoms. The van der Waals surface area contributed by atoms with E-state index in [1.54, 1.807) is 18.3 Å². The summed E-state index contributed by atoms with van der Waals surface area (Å²) in [7, 11) is 0. The molecule has 0 bridgehead atoms. The number of hydrogen-bond donors (Lipinski definition) is 1. The molecule has 0 aliphatic carbocycles. The van der Waals surface area contributed by atoms with Crippen molar-refractivity contribution in [2.75, 3.05) is 10.6 Å². The normalized spacial score (nSPS) is 10.9. The topological polar surface area (TPSA) is 98.2 Å². The number of nitro groups is 1. The van der Waals surface area contributed by atoms with Crippen LogP contribution in [-0.2, 0) is 6.54 Å². The molecule has 0 saturated carbocycles. The molecule has 7 nitrogen and oxygen atoms in total. The summed E-state index contributed by atoms with van der Waals surface area (Å²) in [4.78, 5) is 21.9. The van der Waals surface area contributed by atoms with Gasteiger partial charge in [0.15, 0.2) is 0 Å². The summed E-state index contributed by atoms with van der Waals surface area (Å²) in [6.45, 7) is 6.05. The lowest BCUT2D eigenvalue weighted by molar-refractivity contribution is -0.385. The van der Waals surface area contributed by atoms with Crippen molar-refractivity contribution < 1.29 is 4.92 Å². The van der Waals surface area contributed by atoms with Crippen LogP contribution in [0.15, 0.2) is 17.5 Å².